The lowest BCUT2D eigenvalue weighted by molar-refractivity contribution is -0.130. The van der Waals surface area contributed by atoms with Crippen LogP contribution in [0.1, 0.15) is 18.1 Å². The Bertz CT molecular complexity index is 715. The predicted octanol–water partition coefficient (Wildman–Crippen LogP) is 2.59. The zero-order chi connectivity index (χ0) is 16.2. The number of amides is 1. The van der Waals surface area contributed by atoms with E-state index < -0.39 is 0 Å². The third-order valence-corrected chi connectivity index (χ3v) is 3.85. The van der Waals surface area contributed by atoms with E-state index in [0.717, 1.165) is 22.6 Å². The zero-order valence-corrected chi connectivity index (χ0v) is 13.1. The molecule has 2 aromatic carbocycles. The lowest BCUT2D eigenvalue weighted by Crippen LogP contribution is -2.31. The summed E-state index contributed by atoms with van der Waals surface area (Å²) in [4.78, 5) is 14.3. The molecule has 2 aromatic rings. The van der Waals surface area contributed by atoms with Crippen LogP contribution in [-0.4, -0.2) is 24.1 Å². The third kappa shape index (κ3) is 3.56. The van der Waals surface area contributed by atoms with Crippen molar-refractivity contribution in [2.45, 2.75) is 19.9 Å². The molecule has 2 N–H and O–H groups in total. The minimum Gasteiger partial charge on any atom is -0.454 e. The maximum Gasteiger partial charge on any atom is 0.231 e. The number of hydrogen-bond acceptors (Lipinski definition) is 4. The second-order valence-electron chi connectivity index (χ2n) is 5.52. The molecule has 0 fully saturated rings. The second kappa shape index (κ2) is 6.60. The molecule has 1 amide bonds. The summed E-state index contributed by atoms with van der Waals surface area (Å²) in [5, 5.41) is 0. The summed E-state index contributed by atoms with van der Waals surface area (Å²) < 4.78 is 10.7. The van der Waals surface area contributed by atoms with Crippen molar-refractivity contribution in [3.05, 3.63) is 53.6 Å². The van der Waals surface area contributed by atoms with Crippen LogP contribution < -0.4 is 15.2 Å². The number of nitrogens with zero attached hydrogens (tertiary/aromatic N) is 1. The lowest BCUT2D eigenvalue weighted by atomic mass is 10.1. The number of nitrogen functional groups attached to an aromatic ring is 1. The Morgan fingerprint density at radius 2 is 1.96 bits per heavy atom. The SMILES string of the molecule is CCN(Cc1ccc2c(c1)OCO2)C(=O)Cc1cccc(N)c1. The van der Waals surface area contributed by atoms with Gasteiger partial charge in [0.1, 0.15) is 0 Å². The topological polar surface area (TPSA) is 64.8 Å². The van der Waals surface area contributed by atoms with E-state index in [1.54, 1.807) is 0 Å². The molecule has 0 saturated heterocycles. The van der Waals surface area contributed by atoms with Gasteiger partial charge in [-0.25, -0.2) is 0 Å². The summed E-state index contributed by atoms with van der Waals surface area (Å²) in [7, 11) is 0. The van der Waals surface area contributed by atoms with Gasteiger partial charge in [-0.3, -0.25) is 4.79 Å². The van der Waals surface area contributed by atoms with Gasteiger partial charge in [0.25, 0.3) is 0 Å². The molecule has 5 nitrogen and oxygen atoms in total. The molecular formula is C18H20N2O3. The van der Waals surface area contributed by atoms with Gasteiger partial charge in [-0.05, 0) is 42.3 Å². The monoisotopic (exact) mass is 312 g/mol. The Balaban J connectivity index is 1.68. The zero-order valence-electron chi connectivity index (χ0n) is 13.1. The van der Waals surface area contributed by atoms with Gasteiger partial charge in [-0.1, -0.05) is 18.2 Å². The molecule has 0 radical (unpaired) electrons. The molecule has 23 heavy (non-hydrogen) atoms. The van der Waals surface area contributed by atoms with Crippen molar-refractivity contribution in [2.75, 3.05) is 19.1 Å². The van der Waals surface area contributed by atoms with Gasteiger partial charge in [-0.15, -0.1) is 0 Å². The first-order valence-electron chi connectivity index (χ1n) is 7.66. The standard InChI is InChI=1S/C18H20N2O3/c1-2-20(18(21)10-13-4-3-5-15(19)8-13)11-14-6-7-16-17(9-14)23-12-22-16/h3-9H,2,10-12,19H2,1H3. The fraction of sp³-hybridized carbons (Fsp3) is 0.278. The predicted molar refractivity (Wildman–Crippen MR) is 88.2 cm³/mol. The molecule has 0 spiro atoms. The highest BCUT2D eigenvalue weighted by molar-refractivity contribution is 5.79. The van der Waals surface area contributed by atoms with Crippen LogP contribution in [0.4, 0.5) is 5.69 Å². The van der Waals surface area contributed by atoms with Crippen molar-refractivity contribution in [2.24, 2.45) is 0 Å². The van der Waals surface area contributed by atoms with Crippen LogP contribution in [0.15, 0.2) is 42.5 Å². The highest BCUT2D eigenvalue weighted by Gasteiger charge is 2.17. The van der Waals surface area contributed by atoms with E-state index in [1.807, 2.05) is 54.3 Å². The van der Waals surface area contributed by atoms with E-state index in [4.69, 9.17) is 15.2 Å². The van der Waals surface area contributed by atoms with E-state index in [-0.39, 0.29) is 12.7 Å². The van der Waals surface area contributed by atoms with Crippen LogP contribution in [0.3, 0.4) is 0 Å². The van der Waals surface area contributed by atoms with E-state index in [0.29, 0.717) is 25.2 Å². The van der Waals surface area contributed by atoms with E-state index in [2.05, 4.69) is 0 Å². The smallest absolute Gasteiger partial charge is 0.231 e. The number of nitrogens with two attached hydrogens (primary N) is 1. The number of likely N-dealkylation sites (N-methyl/N-ethyl adjacent to an activating group) is 1. The molecule has 0 aliphatic carbocycles. The Morgan fingerprint density at radius 3 is 2.74 bits per heavy atom. The molecular weight excluding hydrogens is 292 g/mol. The summed E-state index contributed by atoms with van der Waals surface area (Å²) in [6.07, 6.45) is 0.351. The van der Waals surface area contributed by atoms with Crippen LogP contribution in [-0.2, 0) is 17.8 Å². The first-order chi connectivity index (χ1) is 11.2. The molecule has 3 rings (SSSR count). The average Bonchev–Trinajstić information content (AvgIpc) is 3.00. The first-order valence-corrected chi connectivity index (χ1v) is 7.66. The number of fused-ring (bicyclic) bond motifs is 1. The molecule has 0 atom stereocenters. The molecule has 0 unspecified atom stereocenters. The molecule has 5 heteroatoms. The second-order valence-corrected chi connectivity index (χ2v) is 5.52. The number of carbonyl (C=O) groups excluding carboxylic acids is 1. The average molecular weight is 312 g/mol. The maximum absolute atomic E-state index is 12.5. The number of rotatable bonds is 5. The van der Waals surface area contributed by atoms with Crippen molar-refractivity contribution in [3.63, 3.8) is 0 Å². The van der Waals surface area contributed by atoms with Gasteiger partial charge in [0.15, 0.2) is 11.5 Å². The summed E-state index contributed by atoms with van der Waals surface area (Å²) in [5.74, 6) is 1.57. The van der Waals surface area contributed by atoms with Gasteiger partial charge >= 0.3 is 0 Å². The van der Waals surface area contributed by atoms with Crippen molar-refractivity contribution in [3.8, 4) is 11.5 Å². The molecule has 120 valence electrons. The summed E-state index contributed by atoms with van der Waals surface area (Å²) >= 11 is 0. The van der Waals surface area contributed by atoms with Crippen LogP contribution in [0.25, 0.3) is 0 Å². The third-order valence-electron chi connectivity index (χ3n) is 3.85. The van der Waals surface area contributed by atoms with Gasteiger partial charge in [0.2, 0.25) is 12.7 Å². The van der Waals surface area contributed by atoms with E-state index in [1.165, 1.54) is 0 Å². The van der Waals surface area contributed by atoms with Crippen molar-refractivity contribution < 1.29 is 14.3 Å². The number of benzene rings is 2. The Morgan fingerprint density at radius 1 is 1.13 bits per heavy atom. The van der Waals surface area contributed by atoms with Crippen LogP contribution in [0.5, 0.6) is 11.5 Å². The largest absolute Gasteiger partial charge is 0.454 e. The molecule has 0 bridgehead atoms. The number of hydrogen-bond donors (Lipinski definition) is 1. The quantitative estimate of drug-likeness (QED) is 0.862. The molecule has 0 aromatic heterocycles. The van der Waals surface area contributed by atoms with Gasteiger partial charge in [-0.2, -0.15) is 0 Å². The van der Waals surface area contributed by atoms with Crippen LogP contribution >= 0.6 is 0 Å². The molecule has 0 saturated carbocycles. The minimum atomic E-state index is 0.0794. The Labute approximate surface area is 135 Å². The van der Waals surface area contributed by atoms with E-state index >= 15 is 0 Å². The first kappa shape index (κ1) is 15.2. The van der Waals surface area contributed by atoms with Gasteiger partial charge < -0.3 is 20.1 Å². The van der Waals surface area contributed by atoms with Crippen molar-refractivity contribution in [1.29, 1.82) is 0 Å². The van der Waals surface area contributed by atoms with Crippen LogP contribution in [0.2, 0.25) is 0 Å². The van der Waals surface area contributed by atoms with Crippen LogP contribution in [0, 0.1) is 0 Å². The fourth-order valence-corrected chi connectivity index (χ4v) is 2.63. The van der Waals surface area contributed by atoms with Gasteiger partial charge in [0.05, 0.1) is 6.42 Å². The van der Waals surface area contributed by atoms with Crippen molar-refractivity contribution >= 4 is 11.6 Å². The van der Waals surface area contributed by atoms with Crippen molar-refractivity contribution in [1.82, 2.24) is 4.90 Å². The summed E-state index contributed by atoms with van der Waals surface area (Å²) in [6.45, 7) is 3.43. The highest BCUT2D eigenvalue weighted by Crippen LogP contribution is 2.32. The van der Waals surface area contributed by atoms with E-state index in [9.17, 15) is 4.79 Å². The Hall–Kier alpha value is -2.69. The fourth-order valence-electron chi connectivity index (χ4n) is 2.63. The lowest BCUT2D eigenvalue weighted by Gasteiger charge is -2.21. The number of anilines is 1. The normalized spacial score (nSPS) is 12.2. The molecule has 1 heterocycles. The summed E-state index contributed by atoms with van der Waals surface area (Å²) in [6, 6.07) is 13.2. The number of carbonyl (C=O) groups is 1. The molecule has 1 aliphatic heterocycles. The maximum atomic E-state index is 12.5. The Kier molecular flexibility index (Phi) is 4.37. The van der Waals surface area contributed by atoms with Gasteiger partial charge in [0, 0.05) is 18.8 Å². The molecule has 1 aliphatic rings. The highest BCUT2D eigenvalue weighted by atomic mass is 16.7. The minimum absolute atomic E-state index is 0.0794. The summed E-state index contributed by atoms with van der Waals surface area (Å²) in [5.41, 5.74) is 8.40. The number of ether oxygens (including phenoxy) is 2.